The van der Waals surface area contributed by atoms with Gasteiger partial charge in [-0.05, 0) is 41.1 Å². The van der Waals surface area contributed by atoms with E-state index >= 15 is 0 Å². The first-order valence-corrected chi connectivity index (χ1v) is 7.89. The largest absolute Gasteiger partial charge is 0.497 e. The van der Waals surface area contributed by atoms with Crippen molar-refractivity contribution < 1.29 is 14.3 Å². The highest BCUT2D eigenvalue weighted by Gasteiger charge is 2.04. The molecule has 0 aliphatic rings. The van der Waals surface area contributed by atoms with E-state index in [0.29, 0.717) is 11.5 Å². The van der Waals surface area contributed by atoms with Crippen molar-refractivity contribution in [2.45, 2.75) is 0 Å². The second-order valence-electron chi connectivity index (χ2n) is 5.49. The molecule has 0 fully saturated rings. The maximum absolute atomic E-state index is 12.2. The van der Waals surface area contributed by atoms with Crippen LogP contribution in [0.1, 0.15) is 5.56 Å². The Bertz CT molecular complexity index is 931. The van der Waals surface area contributed by atoms with Crippen molar-refractivity contribution >= 4 is 28.4 Å². The lowest BCUT2D eigenvalue weighted by Gasteiger charge is -2.07. The molecule has 0 heterocycles. The number of carbonyl (C=O) groups excluding carboxylic acids is 1. The molecule has 0 saturated carbocycles. The van der Waals surface area contributed by atoms with Crippen LogP contribution in [0.5, 0.6) is 11.5 Å². The van der Waals surface area contributed by atoms with E-state index in [9.17, 15) is 4.79 Å². The predicted molar refractivity (Wildman–Crippen MR) is 101 cm³/mol. The molecule has 1 amide bonds. The van der Waals surface area contributed by atoms with Gasteiger partial charge in [0, 0.05) is 23.4 Å². The minimum atomic E-state index is -0.201. The van der Waals surface area contributed by atoms with Gasteiger partial charge in [0.15, 0.2) is 0 Å². The molecule has 0 bridgehead atoms. The molecule has 0 aliphatic heterocycles. The van der Waals surface area contributed by atoms with Gasteiger partial charge in [0.25, 0.3) is 0 Å². The van der Waals surface area contributed by atoms with Crippen LogP contribution >= 0.6 is 0 Å². The minimum Gasteiger partial charge on any atom is -0.497 e. The Kier molecular flexibility index (Phi) is 5.00. The number of methoxy groups -OCH3 is 2. The van der Waals surface area contributed by atoms with Crippen molar-refractivity contribution in [2.75, 3.05) is 19.5 Å². The van der Waals surface area contributed by atoms with Gasteiger partial charge in [-0.2, -0.15) is 0 Å². The molecule has 0 spiro atoms. The average Bonchev–Trinajstić information content (AvgIpc) is 2.66. The van der Waals surface area contributed by atoms with E-state index in [-0.39, 0.29) is 5.91 Å². The zero-order valence-corrected chi connectivity index (χ0v) is 14.2. The number of rotatable bonds is 5. The fraction of sp³-hybridized carbons (Fsp3) is 0.0952. The van der Waals surface area contributed by atoms with E-state index in [1.807, 2.05) is 54.6 Å². The maximum atomic E-state index is 12.2. The number of benzene rings is 3. The number of nitrogens with one attached hydrogen (secondary N) is 1. The Morgan fingerprint density at radius 2 is 1.72 bits per heavy atom. The summed E-state index contributed by atoms with van der Waals surface area (Å²) in [5, 5.41) is 5.10. The zero-order chi connectivity index (χ0) is 17.6. The highest BCUT2D eigenvalue weighted by atomic mass is 16.5. The lowest BCUT2D eigenvalue weighted by Crippen LogP contribution is -2.07. The second kappa shape index (κ2) is 7.53. The van der Waals surface area contributed by atoms with Crippen LogP contribution in [0.15, 0.2) is 66.7 Å². The van der Waals surface area contributed by atoms with Crippen LogP contribution in [0.3, 0.4) is 0 Å². The van der Waals surface area contributed by atoms with Gasteiger partial charge in [0.05, 0.1) is 14.2 Å². The zero-order valence-electron chi connectivity index (χ0n) is 14.2. The summed E-state index contributed by atoms with van der Waals surface area (Å²) in [6.07, 6.45) is 3.20. The van der Waals surface area contributed by atoms with Gasteiger partial charge in [-0.3, -0.25) is 4.79 Å². The van der Waals surface area contributed by atoms with Gasteiger partial charge >= 0.3 is 0 Å². The molecular formula is C21H19NO3. The molecule has 0 unspecified atom stereocenters. The molecule has 3 aromatic carbocycles. The highest BCUT2D eigenvalue weighted by molar-refractivity contribution is 6.03. The molecule has 3 rings (SSSR count). The highest BCUT2D eigenvalue weighted by Crippen LogP contribution is 2.25. The van der Waals surface area contributed by atoms with E-state index in [2.05, 4.69) is 5.32 Å². The van der Waals surface area contributed by atoms with Crippen LogP contribution in [-0.2, 0) is 4.79 Å². The van der Waals surface area contributed by atoms with Gasteiger partial charge in [-0.15, -0.1) is 0 Å². The van der Waals surface area contributed by atoms with E-state index in [4.69, 9.17) is 9.47 Å². The molecule has 4 heteroatoms. The summed E-state index contributed by atoms with van der Waals surface area (Å²) in [7, 11) is 3.18. The van der Waals surface area contributed by atoms with Gasteiger partial charge in [-0.25, -0.2) is 0 Å². The monoisotopic (exact) mass is 333 g/mol. The second-order valence-corrected chi connectivity index (χ2v) is 5.49. The van der Waals surface area contributed by atoms with Crippen molar-refractivity contribution in [3.8, 4) is 11.5 Å². The summed E-state index contributed by atoms with van der Waals surface area (Å²) in [5.41, 5.74) is 1.56. The van der Waals surface area contributed by atoms with E-state index in [0.717, 1.165) is 22.0 Å². The Balaban J connectivity index is 1.74. The lowest BCUT2D eigenvalue weighted by molar-refractivity contribution is -0.111. The van der Waals surface area contributed by atoms with Crippen molar-refractivity contribution in [2.24, 2.45) is 0 Å². The third-order valence-electron chi connectivity index (χ3n) is 3.87. The average molecular weight is 333 g/mol. The number of carbonyl (C=O) groups is 1. The Labute approximate surface area is 146 Å². The number of amides is 1. The fourth-order valence-electron chi connectivity index (χ4n) is 2.57. The summed E-state index contributed by atoms with van der Waals surface area (Å²) >= 11 is 0. The maximum Gasteiger partial charge on any atom is 0.248 e. The van der Waals surface area contributed by atoms with Gasteiger partial charge in [0.1, 0.15) is 11.5 Å². The summed E-state index contributed by atoms with van der Waals surface area (Å²) in [4.78, 5) is 12.2. The number of fused-ring (bicyclic) bond motifs is 1. The van der Waals surface area contributed by atoms with Gasteiger partial charge in [0.2, 0.25) is 5.91 Å². The van der Waals surface area contributed by atoms with Crippen LogP contribution in [0.25, 0.3) is 16.8 Å². The summed E-state index contributed by atoms with van der Waals surface area (Å²) in [5.74, 6) is 1.15. The first kappa shape index (κ1) is 16.6. The molecular weight excluding hydrogens is 314 g/mol. The smallest absolute Gasteiger partial charge is 0.248 e. The third-order valence-corrected chi connectivity index (χ3v) is 3.87. The fourth-order valence-corrected chi connectivity index (χ4v) is 2.57. The standard InChI is InChI=1S/C21H19NO3/c1-24-19-11-8-16(20(14-19)25-2)9-12-21(23)22-18-10-7-15-5-3-4-6-17(15)13-18/h3-14H,1-2H3,(H,22,23)/b12-9+. The normalized spacial score (nSPS) is 10.8. The van der Waals surface area contributed by atoms with Crippen molar-refractivity contribution in [3.63, 3.8) is 0 Å². The number of hydrogen-bond acceptors (Lipinski definition) is 3. The predicted octanol–water partition coefficient (Wildman–Crippen LogP) is 4.51. The van der Waals surface area contributed by atoms with Crippen LogP contribution in [-0.4, -0.2) is 20.1 Å². The third kappa shape index (κ3) is 3.98. The molecule has 25 heavy (non-hydrogen) atoms. The lowest BCUT2D eigenvalue weighted by atomic mass is 10.1. The topological polar surface area (TPSA) is 47.6 Å². The van der Waals surface area contributed by atoms with Crippen molar-refractivity contribution in [3.05, 3.63) is 72.3 Å². The molecule has 1 N–H and O–H groups in total. The number of hydrogen-bond donors (Lipinski definition) is 1. The van der Waals surface area contributed by atoms with Crippen LogP contribution < -0.4 is 14.8 Å². The molecule has 0 radical (unpaired) electrons. The Morgan fingerprint density at radius 1 is 0.920 bits per heavy atom. The Morgan fingerprint density at radius 3 is 2.48 bits per heavy atom. The van der Waals surface area contributed by atoms with Crippen molar-refractivity contribution in [1.82, 2.24) is 0 Å². The quantitative estimate of drug-likeness (QED) is 0.699. The first-order valence-electron chi connectivity index (χ1n) is 7.89. The van der Waals surface area contributed by atoms with Gasteiger partial charge < -0.3 is 14.8 Å². The summed E-state index contributed by atoms with van der Waals surface area (Å²) < 4.78 is 10.5. The summed E-state index contributed by atoms with van der Waals surface area (Å²) in [6, 6.07) is 19.3. The SMILES string of the molecule is COc1ccc(/C=C/C(=O)Nc2ccc3ccccc3c2)c(OC)c1. The van der Waals surface area contributed by atoms with Crippen molar-refractivity contribution in [1.29, 1.82) is 0 Å². The molecule has 3 aromatic rings. The minimum absolute atomic E-state index is 0.201. The van der Waals surface area contributed by atoms with E-state index < -0.39 is 0 Å². The van der Waals surface area contributed by atoms with Crippen LogP contribution in [0.2, 0.25) is 0 Å². The summed E-state index contributed by atoms with van der Waals surface area (Å²) in [6.45, 7) is 0. The first-order chi connectivity index (χ1) is 12.2. The molecule has 0 aliphatic carbocycles. The molecule has 4 nitrogen and oxygen atoms in total. The van der Waals surface area contributed by atoms with Crippen LogP contribution in [0.4, 0.5) is 5.69 Å². The molecule has 0 saturated heterocycles. The van der Waals surface area contributed by atoms with Crippen LogP contribution in [0, 0.1) is 0 Å². The molecule has 0 aromatic heterocycles. The van der Waals surface area contributed by atoms with E-state index in [1.165, 1.54) is 6.08 Å². The van der Waals surface area contributed by atoms with E-state index in [1.54, 1.807) is 26.4 Å². The number of anilines is 1. The molecule has 0 atom stereocenters. The Hall–Kier alpha value is -3.27. The molecule has 126 valence electrons. The number of ether oxygens (including phenoxy) is 2. The van der Waals surface area contributed by atoms with Gasteiger partial charge in [-0.1, -0.05) is 30.3 Å².